The number of carbonyl (C=O) groups is 1. The minimum atomic E-state index is -3.95. The number of para-hydroxylation sites is 1. The van der Waals surface area contributed by atoms with Gasteiger partial charge >= 0.3 is 0 Å². The molecule has 0 bridgehead atoms. The van der Waals surface area contributed by atoms with Gasteiger partial charge < -0.3 is 9.80 Å². The maximum atomic E-state index is 13.7. The zero-order chi connectivity index (χ0) is 24.6. The van der Waals surface area contributed by atoms with Crippen LogP contribution in [-0.4, -0.2) is 66.0 Å². The number of hydrogen-bond donors (Lipinski definition) is 0. The van der Waals surface area contributed by atoms with Crippen LogP contribution in [0.4, 0.5) is 5.69 Å². The number of amides is 1. The highest BCUT2D eigenvalue weighted by atomic mass is 35.5. The normalized spacial score (nSPS) is 16.9. The summed E-state index contributed by atoms with van der Waals surface area (Å²) in [7, 11) is -3.95. The minimum Gasteiger partial charge on any atom is -0.368 e. The van der Waals surface area contributed by atoms with Crippen molar-refractivity contribution in [2.75, 3.05) is 37.6 Å². The highest BCUT2D eigenvalue weighted by Crippen LogP contribution is 2.29. The second kappa shape index (κ2) is 9.64. The zero-order valence-electron chi connectivity index (χ0n) is 19.6. The quantitative estimate of drug-likeness (QED) is 0.523. The molecular weight excluding hydrogens is 486 g/mol. The lowest BCUT2D eigenvalue weighted by molar-refractivity contribution is 0.0730. The number of anilines is 1. The van der Waals surface area contributed by atoms with Gasteiger partial charge in [0.1, 0.15) is 0 Å². The molecule has 1 saturated heterocycles. The second-order valence-electron chi connectivity index (χ2n) is 8.79. The molecule has 0 atom stereocenters. The van der Waals surface area contributed by atoms with E-state index in [1.165, 1.54) is 14.6 Å². The molecule has 1 fully saturated rings. The number of aryl methyl sites for hydroxylation is 1. The van der Waals surface area contributed by atoms with Gasteiger partial charge in [-0.15, -0.1) is 0 Å². The fraction of sp³-hybridized carbons (Fsp3) is 0.360. The Morgan fingerprint density at radius 3 is 2.37 bits per heavy atom. The zero-order valence-corrected chi connectivity index (χ0v) is 21.2. The van der Waals surface area contributed by atoms with E-state index in [1.807, 2.05) is 49.4 Å². The van der Waals surface area contributed by atoms with E-state index in [0.29, 0.717) is 37.7 Å². The summed E-state index contributed by atoms with van der Waals surface area (Å²) in [6, 6.07) is 15.6. The summed E-state index contributed by atoms with van der Waals surface area (Å²) in [4.78, 5) is 17.3. The minimum absolute atomic E-state index is 0.139. The van der Waals surface area contributed by atoms with Crippen LogP contribution < -0.4 is 4.90 Å². The molecule has 0 spiro atoms. The summed E-state index contributed by atoms with van der Waals surface area (Å²) in [6.07, 6.45) is 2.31. The van der Waals surface area contributed by atoms with Crippen LogP contribution in [0.25, 0.3) is 0 Å². The van der Waals surface area contributed by atoms with Gasteiger partial charge in [0, 0.05) is 52.0 Å². The monoisotopic (exact) mass is 513 g/mol. The smallest absolute Gasteiger partial charge is 0.263 e. The lowest BCUT2D eigenvalue weighted by Gasteiger charge is -2.35. The first-order valence-corrected chi connectivity index (χ1v) is 13.6. The molecule has 5 rings (SSSR count). The number of carbonyl (C=O) groups excluding carboxylic acids is 1. The Bertz CT molecular complexity index is 1350. The summed E-state index contributed by atoms with van der Waals surface area (Å²) < 4.78 is 30.3. The number of halogens is 1. The van der Waals surface area contributed by atoms with Gasteiger partial charge in [0.15, 0.2) is 0 Å². The number of benzene rings is 2. The van der Waals surface area contributed by atoms with Crippen LogP contribution >= 0.6 is 11.6 Å². The number of aromatic nitrogens is 2. The molecule has 0 saturated carbocycles. The molecule has 3 heterocycles. The average molecular weight is 514 g/mol. The molecule has 1 aromatic heterocycles. The van der Waals surface area contributed by atoms with Crippen molar-refractivity contribution in [2.24, 2.45) is 0 Å². The van der Waals surface area contributed by atoms with Crippen molar-refractivity contribution < 1.29 is 13.2 Å². The van der Waals surface area contributed by atoms with Gasteiger partial charge in [0.25, 0.3) is 15.9 Å². The van der Waals surface area contributed by atoms with Crippen LogP contribution in [0, 0.1) is 0 Å². The Morgan fingerprint density at radius 1 is 0.971 bits per heavy atom. The Hall–Kier alpha value is -2.88. The van der Waals surface area contributed by atoms with Gasteiger partial charge in [-0.2, -0.15) is 9.40 Å². The second-order valence-corrected chi connectivity index (χ2v) is 11.1. The first-order valence-electron chi connectivity index (χ1n) is 11.8. The number of piperazine rings is 1. The third-order valence-corrected chi connectivity index (χ3v) is 8.87. The molecule has 184 valence electrons. The lowest BCUT2D eigenvalue weighted by atomic mass is 9.99. The van der Waals surface area contributed by atoms with Crippen LogP contribution in [0.2, 0.25) is 5.02 Å². The highest BCUT2D eigenvalue weighted by Gasteiger charge is 2.36. The summed E-state index contributed by atoms with van der Waals surface area (Å²) >= 11 is 6.33. The molecule has 8 nitrogen and oxygen atoms in total. The van der Waals surface area contributed by atoms with Crippen molar-refractivity contribution >= 4 is 33.2 Å². The van der Waals surface area contributed by atoms with Crippen molar-refractivity contribution in [1.29, 1.82) is 0 Å². The van der Waals surface area contributed by atoms with Crippen molar-refractivity contribution in [3.8, 4) is 0 Å². The summed E-state index contributed by atoms with van der Waals surface area (Å²) in [5.74, 6) is -0.299. The van der Waals surface area contributed by atoms with Crippen molar-refractivity contribution in [3.63, 3.8) is 0 Å². The largest absolute Gasteiger partial charge is 0.368 e. The molecule has 2 aliphatic rings. The van der Waals surface area contributed by atoms with Crippen molar-refractivity contribution in [2.45, 2.75) is 31.5 Å². The molecule has 2 aromatic carbocycles. The number of rotatable bonds is 5. The van der Waals surface area contributed by atoms with Gasteiger partial charge in [0.05, 0.1) is 16.3 Å². The molecule has 2 aliphatic heterocycles. The molecule has 35 heavy (non-hydrogen) atoms. The summed E-state index contributed by atoms with van der Waals surface area (Å²) in [6.45, 7) is 4.93. The van der Waals surface area contributed by atoms with Crippen LogP contribution in [-0.2, 0) is 29.5 Å². The number of nitrogens with zero attached hydrogens (tertiary/aromatic N) is 5. The number of hydrogen-bond acceptors (Lipinski definition) is 5. The van der Waals surface area contributed by atoms with Crippen LogP contribution in [0.5, 0.6) is 0 Å². The van der Waals surface area contributed by atoms with Gasteiger partial charge in [-0.25, -0.2) is 8.42 Å². The van der Waals surface area contributed by atoms with E-state index >= 15 is 0 Å². The molecule has 0 radical (unpaired) electrons. The topological polar surface area (TPSA) is 78.8 Å². The number of fused-ring (bicyclic) bond motifs is 1. The molecule has 3 aromatic rings. The molecular formula is C25H28ClN5O3S. The van der Waals surface area contributed by atoms with Crippen LogP contribution in [0.3, 0.4) is 0 Å². The third kappa shape index (κ3) is 4.55. The number of sulfonamides is 1. The average Bonchev–Trinajstić information content (AvgIpc) is 3.34. The molecule has 0 N–H and O–H groups in total. The predicted molar refractivity (Wildman–Crippen MR) is 135 cm³/mol. The van der Waals surface area contributed by atoms with Crippen molar-refractivity contribution in [3.05, 3.63) is 76.4 Å². The maximum absolute atomic E-state index is 13.7. The van der Waals surface area contributed by atoms with E-state index in [-0.39, 0.29) is 29.6 Å². The first-order chi connectivity index (χ1) is 16.9. The van der Waals surface area contributed by atoms with E-state index in [9.17, 15) is 13.2 Å². The Morgan fingerprint density at radius 2 is 1.66 bits per heavy atom. The summed E-state index contributed by atoms with van der Waals surface area (Å²) in [5.41, 5.74) is 3.35. The van der Waals surface area contributed by atoms with E-state index in [2.05, 4.69) is 16.1 Å². The van der Waals surface area contributed by atoms with Crippen LogP contribution in [0.15, 0.2) is 59.8 Å². The van der Waals surface area contributed by atoms with Gasteiger partial charge in [-0.1, -0.05) is 48.0 Å². The Labute approximate surface area is 210 Å². The molecule has 10 heteroatoms. The fourth-order valence-corrected chi connectivity index (χ4v) is 6.51. The lowest BCUT2D eigenvalue weighted by Crippen LogP contribution is -2.49. The summed E-state index contributed by atoms with van der Waals surface area (Å²) in [5, 5.41) is 4.81. The molecule has 1 amide bonds. The fourth-order valence-electron chi connectivity index (χ4n) is 4.74. The first kappa shape index (κ1) is 23.8. The SMILES string of the molecule is CCn1cc(C(=O)N2CCc3ccccc3C2)c(S(=O)(=O)N2CCN(c3ccccc3Cl)CC2)n1. The van der Waals surface area contributed by atoms with E-state index in [0.717, 1.165) is 17.7 Å². The third-order valence-electron chi connectivity index (χ3n) is 6.72. The van der Waals surface area contributed by atoms with Crippen LogP contribution in [0.1, 0.15) is 28.4 Å². The van der Waals surface area contributed by atoms with Gasteiger partial charge in [-0.05, 0) is 36.6 Å². The predicted octanol–water partition coefficient (Wildman–Crippen LogP) is 3.27. The standard InChI is InChI=1S/C25H28ClN5O3S/c1-2-30-18-21(25(32)29-12-11-19-7-3-4-8-20(19)17-29)24(27-30)35(33,34)31-15-13-28(14-16-31)23-10-6-5-9-22(23)26/h3-10,18H,2,11-17H2,1H3. The Kier molecular flexibility index (Phi) is 6.57. The molecule has 0 unspecified atom stereocenters. The maximum Gasteiger partial charge on any atom is 0.263 e. The van der Waals surface area contributed by atoms with E-state index in [1.54, 1.807) is 11.1 Å². The van der Waals surface area contributed by atoms with Crippen molar-refractivity contribution in [1.82, 2.24) is 19.0 Å². The van der Waals surface area contributed by atoms with Gasteiger partial charge in [-0.3, -0.25) is 9.48 Å². The van der Waals surface area contributed by atoms with E-state index in [4.69, 9.17) is 11.6 Å². The highest BCUT2D eigenvalue weighted by molar-refractivity contribution is 7.89. The van der Waals surface area contributed by atoms with E-state index < -0.39 is 10.0 Å². The van der Waals surface area contributed by atoms with Gasteiger partial charge in [0.2, 0.25) is 5.03 Å². The molecule has 0 aliphatic carbocycles. The Balaban J connectivity index is 1.38.